The van der Waals surface area contributed by atoms with Gasteiger partial charge in [0.25, 0.3) is 0 Å². The summed E-state index contributed by atoms with van der Waals surface area (Å²) in [5.41, 5.74) is 2.23. The van der Waals surface area contributed by atoms with Crippen molar-refractivity contribution in [2.45, 2.75) is 19.4 Å². The Labute approximate surface area is 137 Å². The first-order chi connectivity index (χ1) is 11.3. The average molecular weight is 313 g/mol. The second-order valence-electron chi connectivity index (χ2n) is 5.24. The lowest BCUT2D eigenvalue weighted by Gasteiger charge is -2.07. The SMILES string of the molecule is COc1cccc(CCNCCC(=O)NCc2cccnc2)c1. The first-order valence-electron chi connectivity index (χ1n) is 7.77. The molecule has 122 valence electrons. The molecule has 0 saturated carbocycles. The molecule has 1 aromatic heterocycles. The van der Waals surface area contributed by atoms with E-state index in [9.17, 15) is 4.79 Å². The first-order valence-corrected chi connectivity index (χ1v) is 7.77. The van der Waals surface area contributed by atoms with Crippen LogP contribution in [0.5, 0.6) is 5.75 Å². The molecule has 0 atom stereocenters. The lowest BCUT2D eigenvalue weighted by atomic mass is 10.1. The van der Waals surface area contributed by atoms with Crippen molar-refractivity contribution in [3.63, 3.8) is 0 Å². The van der Waals surface area contributed by atoms with Gasteiger partial charge in [-0.3, -0.25) is 9.78 Å². The Morgan fingerprint density at radius 1 is 1.17 bits per heavy atom. The molecule has 0 aliphatic carbocycles. The van der Waals surface area contributed by atoms with Crippen LogP contribution in [-0.2, 0) is 17.8 Å². The van der Waals surface area contributed by atoms with Gasteiger partial charge in [-0.1, -0.05) is 18.2 Å². The lowest BCUT2D eigenvalue weighted by Crippen LogP contribution is -2.28. The number of benzene rings is 1. The molecule has 0 spiro atoms. The standard InChI is InChI=1S/C18H23N3O2/c1-23-17-6-2-4-15(12-17)7-10-19-11-8-18(22)21-14-16-5-3-9-20-13-16/h2-6,9,12-13,19H,7-8,10-11,14H2,1H3,(H,21,22). The summed E-state index contributed by atoms with van der Waals surface area (Å²) in [7, 11) is 1.67. The summed E-state index contributed by atoms with van der Waals surface area (Å²) in [6.45, 7) is 2.03. The van der Waals surface area contributed by atoms with E-state index in [-0.39, 0.29) is 5.91 Å². The highest BCUT2D eigenvalue weighted by Crippen LogP contribution is 2.12. The van der Waals surface area contributed by atoms with Gasteiger partial charge in [0.05, 0.1) is 7.11 Å². The molecule has 0 unspecified atom stereocenters. The van der Waals surface area contributed by atoms with E-state index < -0.39 is 0 Å². The number of rotatable bonds is 9. The molecule has 0 fully saturated rings. The number of methoxy groups -OCH3 is 1. The molecule has 0 aliphatic rings. The van der Waals surface area contributed by atoms with Crippen LogP contribution < -0.4 is 15.4 Å². The van der Waals surface area contributed by atoms with Gasteiger partial charge in [-0.2, -0.15) is 0 Å². The minimum Gasteiger partial charge on any atom is -0.497 e. The smallest absolute Gasteiger partial charge is 0.221 e. The number of nitrogens with one attached hydrogen (secondary N) is 2. The maximum Gasteiger partial charge on any atom is 0.221 e. The van der Waals surface area contributed by atoms with Crippen molar-refractivity contribution < 1.29 is 9.53 Å². The Kier molecular flexibility index (Phi) is 7.07. The Bertz CT molecular complexity index is 602. The second kappa shape index (κ2) is 9.58. The minimum absolute atomic E-state index is 0.0442. The molecule has 1 heterocycles. The third kappa shape index (κ3) is 6.48. The normalized spacial score (nSPS) is 10.3. The molecule has 0 radical (unpaired) electrons. The fourth-order valence-corrected chi connectivity index (χ4v) is 2.18. The predicted molar refractivity (Wildman–Crippen MR) is 90.3 cm³/mol. The summed E-state index contributed by atoms with van der Waals surface area (Å²) in [6.07, 6.45) is 4.86. The maximum atomic E-state index is 11.7. The number of pyridine rings is 1. The van der Waals surface area contributed by atoms with Crippen LogP contribution in [0, 0.1) is 0 Å². The van der Waals surface area contributed by atoms with Crippen LogP contribution in [0.25, 0.3) is 0 Å². The van der Waals surface area contributed by atoms with E-state index in [0.29, 0.717) is 19.5 Å². The minimum atomic E-state index is 0.0442. The number of carbonyl (C=O) groups is 1. The van der Waals surface area contributed by atoms with Gasteiger partial charge in [0.2, 0.25) is 5.91 Å². The van der Waals surface area contributed by atoms with Crippen LogP contribution in [0.2, 0.25) is 0 Å². The van der Waals surface area contributed by atoms with E-state index >= 15 is 0 Å². The van der Waals surface area contributed by atoms with Crippen molar-refractivity contribution in [2.24, 2.45) is 0 Å². The summed E-state index contributed by atoms with van der Waals surface area (Å²) in [4.78, 5) is 15.8. The molecule has 5 nitrogen and oxygen atoms in total. The number of carbonyl (C=O) groups excluding carboxylic acids is 1. The monoisotopic (exact) mass is 313 g/mol. The Morgan fingerprint density at radius 3 is 2.83 bits per heavy atom. The van der Waals surface area contributed by atoms with Crippen LogP contribution in [0.4, 0.5) is 0 Å². The van der Waals surface area contributed by atoms with E-state index in [4.69, 9.17) is 4.74 Å². The summed E-state index contributed by atoms with van der Waals surface area (Å²) < 4.78 is 5.20. The van der Waals surface area contributed by atoms with Crippen molar-refractivity contribution in [1.82, 2.24) is 15.6 Å². The Morgan fingerprint density at radius 2 is 2.04 bits per heavy atom. The molecule has 0 aliphatic heterocycles. The van der Waals surface area contributed by atoms with E-state index in [0.717, 1.165) is 24.3 Å². The van der Waals surface area contributed by atoms with Crippen LogP contribution in [-0.4, -0.2) is 31.1 Å². The third-order valence-corrected chi connectivity index (χ3v) is 3.47. The number of amides is 1. The van der Waals surface area contributed by atoms with Gasteiger partial charge < -0.3 is 15.4 Å². The topological polar surface area (TPSA) is 63.2 Å². The van der Waals surface area contributed by atoms with Gasteiger partial charge in [0.1, 0.15) is 5.75 Å². The highest BCUT2D eigenvalue weighted by molar-refractivity contribution is 5.76. The Hall–Kier alpha value is -2.40. The number of ether oxygens (including phenoxy) is 1. The quantitative estimate of drug-likeness (QED) is 0.694. The molecular formula is C18H23N3O2. The van der Waals surface area contributed by atoms with Gasteiger partial charge in [0, 0.05) is 31.9 Å². The number of aromatic nitrogens is 1. The van der Waals surface area contributed by atoms with Crippen LogP contribution >= 0.6 is 0 Å². The first kappa shape index (κ1) is 17.0. The fourth-order valence-electron chi connectivity index (χ4n) is 2.18. The van der Waals surface area contributed by atoms with Crippen molar-refractivity contribution in [1.29, 1.82) is 0 Å². The van der Waals surface area contributed by atoms with E-state index in [1.165, 1.54) is 5.56 Å². The lowest BCUT2D eigenvalue weighted by molar-refractivity contribution is -0.121. The molecule has 2 rings (SSSR count). The van der Waals surface area contributed by atoms with Crippen LogP contribution in [0.1, 0.15) is 17.5 Å². The highest BCUT2D eigenvalue weighted by Gasteiger charge is 2.01. The zero-order valence-corrected chi connectivity index (χ0v) is 13.4. The van der Waals surface area contributed by atoms with Crippen LogP contribution in [0.15, 0.2) is 48.8 Å². The second-order valence-corrected chi connectivity index (χ2v) is 5.24. The number of nitrogens with zero attached hydrogens (tertiary/aromatic N) is 1. The summed E-state index contributed by atoms with van der Waals surface area (Å²) in [5.74, 6) is 0.917. The predicted octanol–water partition coefficient (Wildman–Crippen LogP) is 1.93. The molecular weight excluding hydrogens is 290 g/mol. The molecule has 23 heavy (non-hydrogen) atoms. The van der Waals surface area contributed by atoms with Gasteiger partial charge in [-0.15, -0.1) is 0 Å². The summed E-state index contributed by atoms with van der Waals surface area (Å²) in [6, 6.07) is 11.8. The molecule has 2 N–H and O–H groups in total. The molecule has 0 saturated heterocycles. The van der Waals surface area contributed by atoms with E-state index in [1.54, 1.807) is 19.5 Å². The molecule has 0 bridgehead atoms. The molecule has 1 aromatic carbocycles. The van der Waals surface area contributed by atoms with Crippen molar-refractivity contribution in [2.75, 3.05) is 20.2 Å². The molecule has 5 heteroatoms. The van der Waals surface area contributed by atoms with Gasteiger partial charge in [-0.25, -0.2) is 0 Å². The zero-order valence-electron chi connectivity index (χ0n) is 13.4. The van der Waals surface area contributed by atoms with Crippen molar-refractivity contribution in [3.05, 3.63) is 59.9 Å². The molecule has 1 amide bonds. The van der Waals surface area contributed by atoms with E-state index in [1.807, 2.05) is 30.3 Å². The fraction of sp³-hybridized carbons (Fsp3) is 0.333. The largest absolute Gasteiger partial charge is 0.497 e. The van der Waals surface area contributed by atoms with Gasteiger partial charge in [0.15, 0.2) is 0 Å². The van der Waals surface area contributed by atoms with Crippen molar-refractivity contribution >= 4 is 5.91 Å². The highest BCUT2D eigenvalue weighted by atomic mass is 16.5. The van der Waals surface area contributed by atoms with Gasteiger partial charge >= 0.3 is 0 Å². The van der Waals surface area contributed by atoms with Crippen LogP contribution in [0.3, 0.4) is 0 Å². The Balaban J connectivity index is 1.57. The van der Waals surface area contributed by atoms with E-state index in [2.05, 4.69) is 21.7 Å². The maximum absolute atomic E-state index is 11.7. The average Bonchev–Trinajstić information content (AvgIpc) is 2.61. The summed E-state index contributed by atoms with van der Waals surface area (Å²) in [5, 5.41) is 6.17. The van der Waals surface area contributed by atoms with Gasteiger partial charge in [-0.05, 0) is 42.3 Å². The number of hydrogen-bond donors (Lipinski definition) is 2. The summed E-state index contributed by atoms with van der Waals surface area (Å²) >= 11 is 0. The number of hydrogen-bond acceptors (Lipinski definition) is 4. The zero-order chi connectivity index (χ0) is 16.3. The third-order valence-electron chi connectivity index (χ3n) is 3.47. The van der Waals surface area contributed by atoms with Crippen molar-refractivity contribution in [3.8, 4) is 5.75 Å². The molecule has 2 aromatic rings.